The molecule has 0 bridgehead atoms. The van der Waals surface area contributed by atoms with Crippen LogP contribution in [0.5, 0.6) is 0 Å². The summed E-state index contributed by atoms with van der Waals surface area (Å²) in [5.41, 5.74) is 6.23. The normalized spacial score (nSPS) is 8.62. The van der Waals surface area contributed by atoms with Gasteiger partial charge < -0.3 is 5.73 Å². The number of nitrogen functional groups attached to an aromatic ring is 1. The number of nitrogens with one attached hydrogen (secondary N) is 1. The van der Waals surface area contributed by atoms with Gasteiger partial charge in [-0.25, -0.2) is 4.39 Å². The van der Waals surface area contributed by atoms with E-state index in [1.165, 1.54) is 18.2 Å². The predicted molar refractivity (Wildman–Crippen MR) is 57.9 cm³/mol. The lowest BCUT2D eigenvalue weighted by atomic mass is 10.2. The van der Waals surface area contributed by atoms with E-state index in [1.807, 2.05) is 13.8 Å². The summed E-state index contributed by atoms with van der Waals surface area (Å²) >= 11 is 2.90. The number of halogens is 2. The largest absolute Gasteiger partial charge is 0.398 e. The second-order valence-corrected chi connectivity index (χ2v) is 2.84. The summed E-state index contributed by atoms with van der Waals surface area (Å²) in [6.07, 6.45) is 0. The van der Waals surface area contributed by atoms with Crippen molar-refractivity contribution < 1.29 is 4.39 Å². The van der Waals surface area contributed by atoms with Crippen molar-refractivity contribution in [3.05, 3.63) is 29.6 Å². The van der Waals surface area contributed by atoms with Crippen LogP contribution in [0.1, 0.15) is 19.4 Å². The van der Waals surface area contributed by atoms with Gasteiger partial charge in [-0.15, -0.1) is 0 Å². The third-order valence-corrected chi connectivity index (χ3v) is 1.68. The number of hydrogen-bond donors (Lipinski definition) is 2. The SMILES string of the molecule is CC.N=C(Br)c1cc(F)ccc1N. The molecule has 0 amide bonds. The smallest absolute Gasteiger partial charge is 0.124 e. The molecule has 4 heteroatoms. The summed E-state index contributed by atoms with van der Waals surface area (Å²) in [4.78, 5) is 0. The molecular formula is C9H12BrFN2. The quantitative estimate of drug-likeness (QED) is 0.581. The van der Waals surface area contributed by atoms with E-state index in [4.69, 9.17) is 11.1 Å². The van der Waals surface area contributed by atoms with Crippen LogP contribution >= 0.6 is 15.9 Å². The molecule has 72 valence electrons. The van der Waals surface area contributed by atoms with Crippen molar-refractivity contribution in [3.63, 3.8) is 0 Å². The van der Waals surface area contributed by atoms with Crippen LogP contribution in [-0.2, 0) is 0 Å². The van der Waals surface area contributed by atoms with E-state index < -0.39 is 5.82 Å². The number of anilines is 1. The van der Waals surface area contributed by atoms with E-state index in [-0.39, 0.29) is 4.62 Å². The Bertz CT molecular complexity index is 300. The van der Waals surface area contributed by atoms with Crippen molar-refractivity contribution >= 4 is 26.2 Å². The zero-order chi connectivity index (χ0) is 10.4. The fourth-order valence-corrected chi connectivity index (χ4v) is 1.06. The molecule has 0 aliphatic rings. The first-order valence-electron chi connectivity index (χ1n) is 3.90. The van der Waals surface area contributed by atoms with Crippen LogP contribution < -0.4 is 5.73 Å². The molecular weight excluding hydrogens is 235 g/mol. The molecule has 1 aromatic carbocycles. The second-order valence-electron chi connectivity index (χ2n) is 2.05. The Morgan fingerprint density at radius 2 is 2.00 bits per heavy atom. The molecule has 0 atom stereocenters. The number of rotatable bonds is 1. The van der Waals surface area contributed by atoms with Crippen LogP contribution in [0.3, 0.4) is 0 Å². The minimum atomic E-state index is -0.390. The third kappa shape index (κ3) is 3.55. The number of benzene rings is 1. The highest BCUT2D eigenvalue weighted by atomic mass is 79.9. The monoisotopic (exact) mass is 246 g/mol. The molecule has 0 aliphatic heterocycles. The van der Waals surface area contributed by atoms with Gasteiger partial charge >= 0.3 is 0 Å². The van der Waals surface area contributed by atoms with E-state index in [9.17, 15) is 4.39 Å². The average Bonchev–Trinajstić information content (AvgIpc) is 2.12. The van der Waals surface area contributed by atoms with Gasteiger partial charge in [0.2, 0.25) is 0 Å². The zero-order valence-electron chi connectivity index (χ0n) is 7.57. The fourth-order valence-electron chi connectivity index (χ4n) is 0.719. The summed E-state index contributed by atoms with van der Waals surface area (Å²) in [7, 11) is 0. The molecule has 0 fully saturated rings. The fraction of sp³-hybridized carbons (Fsp3) is 0.222. The Hall–Kier alpha value is -0.900. The molecule has 1 aromatic rings. The van der Waals surface area contributed by atoms with Crippen molar-refractivity contribution in [3.8, 4) is 0 Å². The topological polar surface area (TPSA) is 49.9 Å². The number of hydrogen-bond acceptors (Lipinski definition) is 2. The summed E-state index contributed by atoms with van der Waals surface area (Å²) < 4.78 is 12.6. The molecule has 13 heavy (non-hydrogen) atoms. The molecule has 0 aromatic heterocycles. The van der Waals surface area contributed by atoms with Crippen LogP contribution in [-0.4, -0.2) is 4.62 Å². The highest BCUT2D eigenvalue weighted by molar-refractivity contribution is 9.18. The van der Waals surface area contributed by atoms with Gasteiger partial charge in [-0.2, -0.15) is 0 Å². The third-order valence-electron chi connectivity index (χ3n) is 1.25. The van der Waals surface area contributed by atoms with Crippen LogP contribution in [0.25, 0.3) is 0 Å². The van der Waals surface area contributed by atoms with Crippen LogP contribution in [0, 0.1) is 11.2 Å². The first-order valence-corrected chi connectivity index (χ1v) is 4.70. The molecule has 0 radical (unpaired) electrons. The zero-order valence-corrected chi connectivity index (χ0v) is 9.15. The van der Waals surface area contributed by atoms with Gasteiger partial charge in [0.25, 0.3) is 0 Å². The Labute approximate surface area is 85.6 Å². The molecule has 1 rings (SSSR count). The molecule has 0 saturated heterocycles. The van der Waals surface area contributed by atoms with Crippen molar-refractivity contribution in [2.24, 2.45) is 0 Å². The Morgan fingerprint density at radius 1 is 1.46 bits per heavy atom. The average molecular weight is 247 g/mol. The highest BCUT2D eigenvalue weighted by Crippen LogP contribution is 2.15. The van der Waals surface area contributed by atoms with E-state index in [2.05, 4.69) is 15.9 Å². The summed E-state index contributed by atoms with van der Waals surface area (Å²) in [6, 6.07) is 3.90. The molecule has 0 unspecified atom stereocenters. The molecule has 3 N–H and O–H groups in total. The van der Waals surface area contributed by atoms with Gasteiger partial charge in [0, 0.05) is 11.3 Å². The van der Waals surface area contributed by atoms with Gasteiger partial charge in [-0.05, 0) is 34.1 Å². The van der Waals surface area contributed by atoms with E-state index in [1.54, 1.807) is 0 Å². The van der Waals surface area contributed by atoms with Crippen molar-refractivity contribution in [2.45, 2.75) is 13.8 Å². The Kier molecular flexibility index (Phi) is 5.30. The van der Waals surface area contributed by atoms with Crippen molar-refractivity contribution in [1.29, 1.82) is 5.41 Å². The minimum absolute atomic E-state index is 0.0921. The summed E-state index contributed by atoms with van der Waals surface area (Å²) in [6.45, 7) is 4.00. The molecule has 0 spiro atoms. The molecule has 0 aliphatic carbocycles. The first-order chi connectivity index (χ1) is 6.11. The summed E-state index contributed by atoms with van der Waals surface area (Å²) in [5.74, 6) is -0.390. The van der Waals surface area contributed by atoms with Crippen LogP contribution in [0.4, 0.5) is 10.1 Å². The van der Waals surface area contributed by atoms with Gasteiger partial charge in [0.15, 0.2) is 0 Å². The van der Waals surface area contributed by atoms with E-state index in [0.29, 0.717) is 11.3 Å². The predicted octanol–water partition coefficient (Wildman–Crippen LogP) is 3.15. The van der Waals surface area contributed by atoms with Crippen molar-refractivity contribution in [1.82, 2.24) is 0 Å². The second kappa shape index (κ2) is 5.70. The molecule has 2 nitrogen and oxygen atoms in total. The van der Waals surface area contributed by atoms with Crippen LogP contribution in [0.2, 0.25) is 0 Å². The lowest BCUT2D eigenvalue weighted by molar-refractivity contribution is 0.628. The maximum atomic E-state index is 12.5. The van der Waals surface area contributed by atoms with E-state index in [0.717, 1.165) is 0 Å². The Balaban J connectivity index is 0.000000671. The van der Waals surface area contributed by atoms with E-state index >= 15 is 0 Å². The maximum Gasteiger partial charge on any atom is 0.124 e. The van der Waals surface area contributed by atoms with Gasteiger partial charge in [0.05, 0.1) is 0 Å². The van der Waals surface area contributed by atoms with Gasteiger partial charge in [0.1, 0.15) is 10.4 Å². The first kappa shape index (κ1) is 12.1. The lowest BCUT2D eigenvalue weighted by Crippen LogP contribution is -1.97. The van der Waals surface area contributed by atoms with Crippen molar-refractivity contribution in [2.75, 3.05) is 5.73 Å². The molecule has 0 heterocycles. The highest BCUT2D eigenvalue weighted by Gasteiger charge is 2.03. The number of nitrogens with two attached hydrogens (primary N) is 1. The lowest BCUT2D eigenvalue weighted by Gasteiger charge is -2.00. The standard InChI is InChI=1S/C7H6BrFN2.C2H6/c8-7(11)5-3-4(9)1-2-6(5)10;1-2/h1-3,11H,10H2;1-2H3. The summed E-state index contributed by atoms with van der Waals surface area (Å²) in [5, 5.41) is 7.14. The maximum absolute atomic E-state index is 12.5. The van der Waals surface area contributed by atoms with Gasteiger partial charge in [-0.3, -0.25) is 5.41 Å². The van der Waals surface area contributed by atoms with Crippen LogP contribution in [0.15, 0.2) is 18.2 Å². The minimum Gasteiger partial charge on any atom is -0.398 e. The molecule has 0 saturated carbocycles. The Morgan fingerprint density at radius 3 is 2.38 bits per heavy atom. The van der Waals surface area contributed by atoms with Gasteiger partial charge in [-0.1, -0.05) is 13.8 Å².